The number of pyridine rings is 1. The number of likely N-dealkylation sites (tertiary alicyclic amines) is 1. The van der Waals surface area contributed by atoms with Crippen molar-refractivity contribution in [3.63, 3.8) is 0 Å². The number of hydrogen-bond donors (Lipinski definition) is 2. The number of rotatable bonds is 3. The van der Waals surface area contributed by atoms with E-state index in [1.165, 1.54) is 0 Å². The van der Waals surface area contributed by atoms with E-state index in [-0.39, 0.29) is 5.91 Å². The van der Waals surface area contributed by atoms with Crippen LogP contribution in [-0.4, -0.2) is 42.5 Å². The number of carbonyl (C=O) groups excluding carboxylic acids is 1. The van der Waals surface area contributed by atoms with Crippen molar-refractivity contribution in [2.24, 2.45) is 5.92 Å². The maximum absolute atomic E-state index is 11.8. The van der Waals surface area contributed by atoms with Gasteiger partial charge in [0, 0.05) is 13.1 Å². The molecule has 2 rings (SSSR count). The van der Waals surface area contributed by atoms with Gasteiger partial charge in [-0.15, -0.1) is 0 Å². The second-order valence-electron chi connectivity index (χ2n) is 4.57. The lowest BCUT2D eigenvalue weighted by Crippen LogP contribution is -2.31. The van der Waals surface area contributed by atoms with Gasteiger partial charge in [0.2, 0.25) is 0 Å². The van der Waals surface area contributed by atoms with Crippen molar-refractivity contribution in [3.05, 3.63) is 23.9 Å². The van der Waals surface area contributed by atoms with Crippen molar-refractivity contribution in [1.29, 1.82) is 0 Å². The molecule has 1 aromatic rings. The molecule has 1 atom stereocenters. The molecule has 0 aromatic carbocycles. The molecule has 17 heavy (non-hydrogen) atoms. The Morgan fingerprint density at radius 3 is 3.12 bits per heavy atom. The number of amides is 1. The van der Waals surface area contributed by atoms with Crippen molar-refractivity contribution >= 4 is 11.7 Å². The summed E-state index contributed by atoms with van der Waals surface area (Å²) in [4.78, 5) is 18.1. The summed E-state index contributed by atoms with van der Waals surface area (Å²) in [5.41, 5.74) is 5.92. The molecule has 92 valence electrons. The Morgan fingerprint density at radius 1 is 1.65 bits per heavy atom. The summed E-state index contributed by atoms with van der Waals surface area (Å²) in [6, 6.07) is 5.08. The van der Waals surface area contributed by atoms with Gasteiger partial charge in [-0.25, -0.2) is 4.98 Å². The Bertz CT molecular complexity index is 407. The van der Waals surface area contributed by atoms with E-state index in [1.54, 1.807) is 18.2 Å². The van der Waals surface area contributed by atoms with Gasteiger partial charge in [0.05, 0.1) is 0 Å². The number of nitrogens with one attached hydrogen (secondary N) is 1. The number of nitrogens with zero attached hydrogens (tertiary/aromatic N) is 2. The molecule has 3 N–H and O–H groups in total. The predicted octanol–water partition coefficient (Wildman–Crippen LogP) is 0.345. The Kier molecular flexibility index (Phi) is 3.58. The van der Waals surface area contributed by atoms with E-state index < -0.39 is 0 Å². The van der Waals surface area contributed by atoms with Crippen LogP contribution in [0.5, 0.6) is 0 Å². The van der Waals surface area contributed by atoms with Gasteiger partial charge >= 0.3 is 0 Å². The summed E-state index contributed by atoms with van der Waals surface area (Å²) in [6.07, 6.45) is 1.14. The Hall–Kier alpha value is -1.62. The van der Waals surface area contributed by atoms with Gasteiger partial charge in [0.1, 0.15) is 11.5 Å². The standard InChI is InChI=1S/C12H18N4O/c1-16-6-5-9(8-16)7-14-12(17)10-3-2-4-11(13)15-10/h2-4,9H,5-8H2,1H3,(H2,13,15)(H,14,17). The molecule has 2 heterocycles. The molecule has 5 nitrogen and oxygen atoms in total. The Balaban J connectivity index is 1.85. The number of nitrogen functional groups attached to an aromatic ring is 1. The van der Waals surface area contributed by atoms with E-state index >= 15 is 0 Å². The van der Waals surface area contributed by atoms with Crippen molar-refractivity contribution < 1.29 is 4.79 Å². The van der Waals surface area contributed by atoms with Crippen LogP contribution in [0.15, 0.2) is 18.2 Å². The van der Waals surface area contributed by atoms with Crippen LogP contribution in [0.1, 0.15) is 16.9 Å². The molecule has 1 aliphatic rings. The highest BCUT2D eigenvalue weighted by Gasteiger charge is 2.20. The molecule has 1 saturated heterocycles. The first-order chi connectivity index (χ1) is 8.15. The minimum absolute atomic E-state index is 0.146. The lowest BCUT2D eigenvalue weighted by Gasteiger charge is -2.11. The molecular formula is C12H18N4O. The first kappa shape index (κ1) is 11.9. The molecule has 1 aliphatic heterocycles. The zero-order valence-corrected chi connectivity index (χ0v) is 10.0. The fourth-order valence-corrected chi connectivity index (χ4v) is 2.10. The first-order valence-corrected chi connectivity index (χ1v) is 5.84. The molecular weight excluding hydrogens is 216 g/mol. The maximum atomic E-state index is 11.8. The van der Waals surface area contributed by atoms with E-state index in [9.17, 15) is 4.79 Å². The molecule has 1 aromatic heterocycles. The van der Waals surface area contributed by atoms with Gasteiger partial charge in [0.15, 0.2) is 0 Å². The van der Waals surface area contributed by atoms with Gasteiger partial charge in [0.25, 0.3) is 5.91 Å². The monoisotopic (exact) mass is 234 g/mol. The highest BCUT2D eigenvalue weighted by atomic mass is 16.1. The Labute approximate surface area is 101 Å². The number of carbonyl (C=O) groups is 1. The SMILES string of the molecule is CN1CCC(CNC(=O)c2cccc(N)n2)C1. The van der Waals surface area contributed by atoms with Crippen LogP contribution in [0, 0.1) is 5.92 Å². The van der Waals surface area contributed by atoms with Gasteiger partial charge in [-0.3, -0.25) is 4.79 Å². The lowest BCUT2D eigenvalue weighted by atomic mass is 10.1. The van der Waals surface area contributed by atoms with Crippen molar-refractivity contribution in [1.82, 2.24) is 15.2 Å². The summed E-state index contributed by atoms with van der Waals surface area (Å²) in [5, 5.41) is 2.90. The molecule has 0 saturated carbocycles. The quantitative estimate of drug-likeness (QED) is 0.791. The van der Waals surface area contributed by atoms with Crippen molar-refractivity contribution in [2.45, 2.75) is 6.42 Å². The molecule has 1 amide bonds. The number of nitrogens with two attached hydrogens (primary N) is 1. The largest absolute Gasteiger partial charge is 0.384 e. The molecule has 0 spiro atoms. The molecule has 1 fully saturated rings. The van der Waals surface area contributed by atoms with Gasteiger partial charge in [-0.2, -0.15) is 0 Å². The van der Waals surface area contributed by atoms with Crippen LogP contribution in [0.25, 0.3) is 0 Å². The van der Waals surface area contributed by atoms with Crippen molar-refractivity contribution in [2.75, 3.05) is 32.4 Å². The second-order valence-corrected chi connectivity index (χ2v) is 4.57. The third kappa shape index (κ3) is 3.17. The average molecular weight is 234 g/mol. The summed E-state index contributed by atoms with van der Waals surface area (Å²) in [7, 11) is 2.10. The van der Waals surface area contributed by atoms with E-state index in [4.69, 9.17) is 5.73 Å². The second kappa shape index (κ2) is 5.14. The molecule has 5 heteroatoms. The van der Waals surface area contributed by atoms with E-state index in [0.29, 0.717) is 24.0 Å². The zero-order valence-electron chi connectivity index (χ0n) is 10.0. The van der Waals surface area contributed by atoms with Crippen LogP contribution < -0.4 is 11.1 Å². The fraction of sp³-hybridized carbons (Fsp3) is 0.500. The third-order valence-electron chi connectivity index (χ3n) is 3.04. The average Bonchev–Trinajstić information content (AvgIpc) is 2.72. The molecule has 0 radical (unpaired) electrons. The number of hydrogen-bond acceptors (Lipinski definition) is 4. The predicted molar refractivity (Wildman–Crippen MR) is 66.6 cm³/mol. The smallest absolute Gasteiger partial charge is 0.269 e. The summed E-state index contributed by atoms with van der Waals surface area (Å²) in [5.74, 6) is 0.773. The van der Waals surface area contributed by atoms with Crippen LogP contribution in [0.2, 0.25) is 0 Å². The van der Waals surface area contributed by atoms with Crippen LogP contribution in [0.3, 0.4) is 0 Å². The minimum Gasteiger partial charge on any atom is -0.384 e. The Morgan fingerprint density at radius 2 is 2.47 bits per heavy atom. The van der Waals surface area contributed by atoms with Gasteiger partial charge in [-0.05, 0) is 38.1 Å². The normalized spacial score (nSPS) is 20.4. The lowest BCUT2D eigenvalue weighted by molar-refractivity contribution is 0.0942. The van der Waals surface area contributed by atoms with Crippen molar-refractivity contribution in [3.8, 4) is 0 Å². The van der Waals surface area contributed by atoms with Crippen LogP contribution >= 0.6 is 0 Å². The van der Waals surface area contributed by atoms with E-state index in [0.717, 1.165) is 19.5 Å². The topological polar surface area (TPSA) is 71.2 Å². The van der Waals surface area contributed by atoms with Crippen LogP contribution in [-0.2, 0) is 0 Å². The molecule has 0 aliphatic carbocycles. The summed E-state index contributed by atoms with van der Waals surface area (Å²) < 4.78 is 0. The van der Waals surface area contributed by atoms with E-state index in [2.05, 4.69) is 22.2 Å². The number of anilines is 1. The first-order valence-electron chi connectivity index (χ1n) is 5.84. The summed E-state index contributed by atoms with van der Waals surface area (Å²) in [6.45, 7) is 2.86. The zero-order chi connectivity index (χ0) is 12.3. The highest BCUT2D eigenvalue weighted by Crippen LogP contribution is 2.13. The minimum atomic E-state index is -0.146. The van der Waals surface area contributed by atoms with E-state index in [1.807, 2.05) is 0 Å². The fourth-order valence-electron chi connectivity index (χ4n) is 2.10. The molecule has 0 bridgehead atoms. The molecule has 1 unspecified atom stereocenters. The third-order valence-corrected chi connectivity index (χ3v) is 3.04. The highest BCUT2D eigenvalue weighted by molar-refractivity contribution is 5.92. The number of aromatic nitrogens is 1. The maximum Gasteiger partial charge on any atom is 0.269 e. The summed E-state index contributed by atoms with van der Waals surface area (Å²) >= 11 is 0. The van der Waals surface area contributed by atoms with Gasteiger partial charge in [-0.1, -0.05) is 6.07 Å². The van der Waals surface area contributed by atoms with Crippen LogP contribution in [0.4, 0.5) is 5.82 Å². The van der Waals surface area contributed by atoms with Gasteiger partial charge < -0.3 is 16.0 Å².